The van der Waals surface area contributed by atoms with Crippen LogP contribution in [0.3, 0.4) is 0 Å². The first-order valence-corrected chi connectivity index (χ1v) is 9.04. The minimum absolute atomic E-state index is 0.181. The van der Waals surface area contributed by atoms with Crippen molar-refractivity contribution in [2.75, 3.05) is 0 Å². The molecule has 8 heteroatoms. The third-order valence-corrected chi connectivity index (χ3v) is 5.45. The Hall–Kier alpha value is -1.44. The zero-order valence-corrected chi connectivity index (χ0v) is 13.7. The lowest BCUT2D eigenvalue weighted by atomic mass is 10.1. The highest BCUT2D eigenvalue weighted by molar-refractivity contribution is 7.89. The van der Waals surface area contributed by atoms with E-state index >= 15 is 0 Å². The molecule has 1 aliphatic rings. The number of hydrogen-bond donors (Lipinski definition) is 1. The number of benzene rings is 1. The second-order valence-corrected chi connectivity index (χ2v) is 7.44. The van der Waals surface area contributed by atoms with Gasteiger partial charge < -0.3 is 0 Å². The van der Waals surface area contributed by atoms with Gasteiger partial charge in [0.05, 0.1) is 11.4 Å². The van der Waals surface area contributed by atoms with Gasteiger partial charge in [0.2, 0.25) is 10.0 Å². The maximum Gasteiger partial charge on any atom is 0.240 e. The number of rotatable bonds is 4. The number of halogens is 1. The lowest BCUT2D eigenvalue weighted by molar-refractivity contribution is 0.394. The van der Waals surface area contributed by atoms with Crippen LogP contribution in [0.1, 0.15) is 25.0 Å². The summed E-state index contributed by atoms with van der Waals surface area (Å²) in [5.74, 6) is 1.73. The molecule has 0 fully saturated rings. The van der Waals surface area contributed by atoms with Crippen LogP contribution in [0.5, 0.6) is 0 Å². The molecule has 0 saturated carbocycles. The second kappa shape index (κ2) is 5.98. The van der Waals surface area contributed by atoms with Gasteiger partial charge in [0, 0.05) is 23.9 Å². The average Bonchev–Trinajstić information content (AvgIpc) is 2.89. The maximum atomic E-state index is 12.4. The van der Waals surface area contributed by atoms with Crippen molar-refractivity contribution in [1.82, 2.24) is 19.5 Å². The smallest absolute Gasteiger partial charge is 0.240 e. The van der Waals surface area contributed by atoms with E-state index in [2.05, 4.69) is 14.8 Å². The molecule has 1 atom stereocenters. The van der Waals surface area contributed by atoms with E-state index in [1.165, 1.54) is 12.1 Å². The topological polar surface area (TPSA) is 76.9 Å². The highest BCUT2D eigenvalue weighted by Crippen LogP contribution is 2.18. The standard InChI is InChI=1S/C14H17ClN4O2S/c1-2-13-16-14-8-5-11(9-19(14)17-13)18-22(20,21)12-6-3-10(15)4-7-12/h3-4,6-7,11,18H,2,5,8-9H2,1H3/t11-/m0/s1. The molecule has 0 bridgehead atoms. The van der Waals surface area contributed by atoms with Gasteiger partial charge in [0.1, 0.15) is 5.82 Å². The number of nitrogens with one attached hydrogen (secondary N) is 1. The third kappa shape index (κ3) is 3.16. The predicted octanol–water partition coefficient (Wildman–Crippen LogP) is 1.79. The molecule has 2 aromatic rings. The number of sulfonamides is 1. The summed E-state index contributed by atoms with van der Waals surface area (Å²) >= 11 is 5.79. The van der Waals surface area contributed by atoms with Crippen molar-refractivity contribution in [1.29, 1.82) is 0 Å². The molecule has 0 amide bonds. The number of aryl methyl sites for hydroxylation is 2. The largest absolute Gasteiger partial charge is 0.248 e. The molecule has 6 nitrogen and oxygen atoms in total. The molecule has 0 aliphatic carbocycles. The molecule has 1 aromatic carbocycles. The summed E-state index contributed by atoms with van der Waals surface area (Å²) in [6.07, 6.45) is 2.22. The zero-order chi connectivity index (χ0) is 15.7. The molecular weight excluding hydrogens is 324 g/mol. The Morgan fingerprint density at radius 3 is 2.77 bits per heavy atom. The van der Waals surface area contributed by atoms with Gasteiger partial charge in [-0.05, 0) is 30.7 Å². The Bertz CT molecular complexity index is 771. The van der Waals surface area contributed by atoms with Crippen molar-refractivity contribution >= 4 is 21.6 Å². The van der Waals surface area contributed by atoms with Gasteiger partial charge in [-0.1, -0.05) is 18.5 Å². The molecule has 0 spiro atoms. The van der Waals surface area contributed by atoms with Gasteiger partial charge in [-0.25, -0.2) is 22.8 Å². The fraction of sp³-hybridized carbons (Fsp3) is 0.429. The molecular formula is C14H17ClN4O2S. The average molecular weight is 341 g/mol. The fourth-order valence-electron chi connectivity index (χ4n) is 2.51. The van der Waals surface area contributed by atoms with Crippen LogP contribution in [0.2, 0.25) is 5.02 Å². The SMILES string of the molecule is CCc1nc2n(n1)C[C@@H](NS(=O)(=O)c1ccc(Cl)cc1)CC2. The van der Waals surface area contributed by atoms with E-state index in [-0.39, 0.29) is 10.9 Å². The van der Waals surface area contributed by atoms with Crippen molar-refractivity contribution in [3.05, 3.63) is 40.9 Å². The van der Waals surface area contributed by atoms with E-state index in [9.17, 15) is 8.42 Å². The highest BCUT2D eigenvalue weighted by Gasteiger charge is 2.26. The monoisotopic (exact) mass is 340 g/mol. The summed E-state index contributed by atoms with van der Waals surface area (Å²) < 4.78 is 29.3. The van der Waals surface area contributed by atoms with E-state index in [0.29, 0.717) is 18.0 Å². The van der Waals surface area contributed by atoms with Crippen LogP contribution in [0.25, 0.3) is 0 Å². The lowest BCUT2D eigenvalue weighted by Crippen LogP contribution is -2.41. The van der Waals surface area contributed by atoms with Crippen LogP contribution in [-0.2, 0) is 29.4 Å². The number of fused-ring (bicyclic) bond motifs is 1. The van der Waals surface area contributed by atoms with Crippen LogP contribution in [-0.4, -0.2) is 29.2 Å². The van der Waals surface area contributed by atoms with Gasteiger partial charge in [-0.15, -0.1) is 0 Å². The Kier molecular flexibility index (Phi) is 4.20. The molecule has 2 heterocycles. The van der Waals surface area contributed by atoms with Crippen LogP contribution in [0.15, 0.2) is 29.2 Å². The van der Waals surface area contributed by atoms with E-state index in [4.69, 9.17) is 11.6 Å². The third-order valence-electron chi connectivity index (χ3n) is 3.66. The van der Waals surface area contributed by atoms with Gasteiger partial charge in [0.15, 0.2) is 5.82 Å². The fourth-order valence-corrected chi connectivity index (χ4v) is 3.90. The van der Waals surface area contributed by atoms with Crippen LogP contribution >= 0.6 is 11.6 Å². The molecule has 22 heavy (non-hydrogen) atoms. The Balaban J connectivity index is 1.75. The van der Waals surface area contributed by atoms with Crippen LogP contribution in [0, 0.1) is 0 Å². The first kappa shape index (κ1) is 15.5. The molecule has 0 radical (unpaired) electrons. The van der Waals surface area contributed by atoms with Crippen molar-refractivity contribution in [2.24, 2.45) is 0 Å². The Morgan fingerprint density at radius 1 is 1.36 bits per heavy atom. The van der Waals surface area contributed by atoms with Gasteiger partial charge in [-0.2, -0.15) is 5.10 Å². The molecule has 1 N–H and O–H groups in total. The zero-order valence-electron chi connectivity index (χ0n) is 12.2. The Morgan fingerprint density at radius 2 is 2.09 bits per heavy atom. The highest BCUT2D eigenvalue weighted by atomic mass is 35.5. The summed E-state index contributed by atoms with van der Waals surface area (Å²) in [6.45, 7) is 2.51. The number of aromatic nitrogens is 3. The number of nitrogens with zero attached hydrogens (tertiary/aromatic N) is 3. The normalized spacial score (nSPS) is 18.2. The van der Waals surface area contributed by atoms with Crippen molar-refractivity contribution in [3.8, 4) is 0 Å². The quantitative estimate of drug-likeness (QED) is 0.920. The first-order chi connectivity index (χ1) is 10.5. The van der Waals surface area contributed by atoms with E-state index in [0.717, 1.165) is 24.5 Å². The molecule has 1 aliphatic heterocycles. The van der Waals surface area contributed by atoms with Gasteiger partial charge >= 0.3 is 0 Å². The van der Waals surface area contributed by atoms with Crippen LogP contribution in [0.4, 0.5) is 0 Å². The molecule has 0 saturated heterocycles. The van der Waals surface area contributed by atoms with E-state index in [1.807, 2.05) is 6.92 Å². The summed E-state index contributed by atoms with van der Waals surface area (Å²) in [6, 6.07) is 5.97. The van der Waals surface area contributed by atoms with Gasteiger partial charge in [-0.3, -0.25) is 0 Å². The summed E-state index contributed by atoms with van der Waals surface area (Å²) in [4.78, 5) is 4.65. The van der Waals surface area contributed by atoms with E-state index < -0.39 is 10.0 Å². The van der Waals surface area contributed by atoms with Crippen LogP contribution < -0.4 is 4.72 Å². The predicted molar refractivity (Wildman–Crippen MR) is 83.3 cm³/mol. The summed E-state index contributed by atoms with van der Waals surface area (Å²) in [7, 11) is -3.55. The summed E-state index contributed by atoms with van der Waals surface area (Å²) in [5.41, 5.74) is 0. The summed E-state index contributed by atoms with van der Waals surface area (Å²) in [5, 5.41) is 4.90. The minimum Gasteiger partial charge on any atom is -0.248 e. The minimum atomic E-state index is -3.55. The first-order valence-electron chi connectivity index (χ1n) is 7.18. The van der Waals surface area contributed by atoms with E-state index in [1.54, 1.807) is 16.8 Å². The van der Waals surface area contributed by atoms with Gasteiger partial charge in [0.25, 0.3) is 0 Å². The van der Waals surface area contributed by atoms with Crippen molar-refractivity contribution in [2.45, 2.75) is 43.7 Å². The lowest BCUT2D eigenvalue weighted by Gasteiger charge is -2.23. The molecule has 0 unspecified atom stereocenters. The molecule has 1 aromatic heterocycles. The maximum absolute atomic E-state index is 12.4. The Labute approximate surface area is 134 Å². The number of hydrogen-bond acceptors (Lipinski definition) is 4. The van der Waals surface area contributed by atoms with Crippen molar-refractivity contribution < 1.29 is 8.42 Å². The molecule has 118 valence electrons. The van der Waals surface area contributed by atoms with Crippen molar-refractivity contribution in [3.63, 3.8) is 0 Å². The second-order valence-electron chi connectivity index (χ2n) is 5.29. The molecule has 3 rings (SSSR count).